The third kappa shape index (κ3) is 3.96. The van der Waals surface area contributed by atoms with Gasteiger partial charge in [-0.15, -0.1) is 0 Å². The first-order valence-corrected chi connectivity index (χ1v) is 8.22. The summed E-state index contributed by atoms with van der Waals surface area (Å²) in [4.78, 5) is 17.1. The molecular formula is C16H31N3O2. The highest BCUT2D eigenvalue weighted by atomic mass is 16.5. The van der Waals surface area contributed by atoms with Crippen molar-refractivity contribution < 1.29 is 9.53 Å². The van der Waals surface area contributed by atoms with Crippen molar-refractivity contribution in [3.63, 3.8) is 0 Å². The number of carbonyl (C=O) groups excluding carboxylic acids is 1. The van der Waals surface area contributed by atoms with Gasteiger partial charge in [0, 0.05) is 19.6 Å². The lowest BCUT2D eigenvalue weighted by Gasteiger charge is -2.36. The Balaban J connectivity index is 1.98. The van der Waals surface area contributed by atoms with Crippen molar-refractivity contribution in [1.29, 1.82) is 0 Å². The summed E-state index contributed by atoms with van der Waals surface area (Å²) in [5.41, 5.74) is -0.511. The van der Waals surface area contributed by atoms with Gasteiger partial charge in [-0.05, 0) is 58.3 Å². The molecule has 5 heteroatoms. The molecule has 2 fully saturated rings. The molecule has 2 rings (SSSR count). The molecule has 2 unspecified atom stereocenters. The molecule has 0 aromatic heterocycles. The molecule has 1 saturated carbocycles. The largest absolute Gasteiger partial charge is 0.468 e. The maximum Gasteiger partial charge on any atom is 0.327 e. The second-order valence-corrected chi connectivity index (χ2v) is 6.88. The van der Waals surface area contributed by atoms with E-state index in [0.29, 0.717) is 5.92 Å². The van der Waals surface area contributed by atoms with E-state index in [2.05, 4.69) is 36.1 Å². The fraction of sp³-hybridized carbons (Fsp3) is 0.938. The molecule has 1 heterocycles. The van der Waals surface area contributed by atoms with E-state index in [9.17, 15) is 4.79 Å². The summed E-state index contributed by atoms with van der Waals surface area (Å²) in [5.74, 6) is 1.05. The number of rotatable bonds is 8. The van der Waals surface area contributed by atoms with E-state index in [1.165, 1.54) is 26.6 Å². The lowest BCUT2D eigenvalue weighted by Crippen LogP contribution is -2.61. The van der Waals surface area contributed by atoms with Gasteiger partial charge >= 0.3 is 5.97 Å². The van der Waals surface area contributed by atoms with Crippen molar-refractivity contribution in [3.8, 4) is 0 Å². The first-order chi connectivity index (χ1) is 10.0. The number of hydrogen-bond acceptors (Lipinski definition) is 5. The van der Waals surface area contributed by atoms with Crippen LogP contribution >= 0.6 is 0 Å². The highest BCUT2D eigenvalue weighted by Gasteiger charge is 2.52. The van der Waals surface area contributed by atoms with E-state index in [4.69, 9.17) is 4.74 Å². The average Bonchev–Trinajstić information content (AvgIpc) is 3.22. The average molecular weight is 297 g/mol. The molecule has 1 saturated heterocycles. The van der Waals surface area contributed by atoms with Gasteiger partial charge in [0.25, 0.3) is 0 Å². The Morgan fingerprint density at radius 1 is 1.43 bits per heavy atom. The van der Waals surface area contributed by atoms with Gasteiger partial charge in [-0.1, -0.05) is 6.92 Å². The van der Waals surface area contributed by atoms with E-state index in [-0.39, 0.29) is 5.97 Å². The second kappa shape index (κ2) is 7.07. The molecule has 1 N–H and O–H groups in total. The molecule has 21 heavy (non-hydrogen) atoms. The monoisotopic (exact) mass is 297 g/mol. The number of ether oxygens (including phenoxy) is 1. The fourth-order valence-corrected chi connectivity index (χ4v) is 3.81. The van der Waals surface area contributed by atoms with Crippen LogP contribution in [0.3, 0.4) is 0 Å². The van der Waals surface area contributed by atoms with Crippen LogP contribution in [0.2, 0.25) is 0 Å². The summed E-state index contributed by atoms with van der Waals surface area (Å²) in [5, 5.41) is 3.45. The summed E-state index contributed by atoms with van der Waals surface area (Å²) in [7, 11) is 5.82. The number of methoxy groups -OCH3 is 1. The van der Waals surface area contributed by atoms with Gasteiger partial charge in [0.2, 0.25) is 0 Å². The highest BCUT2D eigenvalue weighted by molar-refractivity contribution is 5.82. The Morgan fingerprint density at radius 2 is 2.14 bits per heavy atom. The molecule has 0 aromatic carbocycles. The second-order valence-electron chi connectivity index (χ2n) is 6.88. The number of esters is 1. The van der Waals surface area contributed by atoms with Crippen molar-refractivity contribution in [1.82, 2.24) is 15.1 Å². The Labute approximate surface area is 129 Å². The predicted molar refractivity (Wildman–Crippen MR) is 84.2 cm³/mol. The zero-order valence-corrected chi connectivity index (χ0v) is 14.0. The van der Waals surface area contributed by atoms with Gasteiger partial charge in [-0.3, -0.25) is 0 Å². The molecule has 0 radical (unpaired) electrons. The molecule has 2 atom stereocenters. The van der Waals surface area contributed by atoms with Crippen LogP contribution in [-0.4, -0.2) is 75.2 Å². The molecule has 2 aliphatic rings. The minimum Gasteiger partial charge on any atom is -0.468 e. The summed E-state index contributed by atoms with van der Waals surface area (Å²) in [6, 6.07) is 0. The zero-order valence-electron chi connectivity index (χ0n) is 14.0. The van der Waals surface area contributed by atoms with Crippen LogP contribution in [0.25, 0.3) is 0 Å². The first-order valence-electron chi connectivity index (χ1n) is 8.22. The smallest absolute Gasteiger partial charge is 0.327 e. The fourth-order valence-electron chi connectivity index (χ4n) is 3.81. The molecular weight excluding hydrogens is 266 g/mol. The number of hydrogen-bond donors (Lipinski definition) is 1. The Kier molecular flexibility index (Phi) is 5.63. The Bertz CT molecular complexity index is 359. The highest BCUT2D eigenvalue weighted by Crippen LogP contribution is 2.41. The zero-order chi connectivity index (χ0) is 15.5. The number of nitrogens with zero attached hydrogens (tertiary/aromatic N) is 2. The van der Waals surface area contributed by atoms with E-state index < -0.39 is 5.54 Å². The topological polar surface area (TPSA) is 44.8 Å². The van der Waals surface area contributed by atoms with E-state index in [1.54, 1.807) is 0 Å². The first kappa shape index (κ1) is 16.7. The maximum absolute atomic E-state index is 12.4. The third-order valence-corrected chi connectivity index (χ3v) is 4.89. The summed E-state index contributed by atoms with van der Waals surface area (Å²) in [6.45, 7) is 7.02. The van der Waals surface area contributed by atoms with Gasteiger partial charge in [-0.25, -0.2) is 4.79 Å². The van der Waals surface area contributed by atoms with Crippen LogP contribution in [0.5, 0.6) is 0 Å². The van der Waals surface area contributed by atoms with Crippen LogP contribution in [-0.2, 0) is 9.53 Å². The van der Waals surface area contributed by atoms with Crippen molar-refractivity contribution in [2.45, 2.75) is 31.7 Å². The van der Waals surface area contributed by atoms with Gasteiger partial charge in [-0.2, -0.15) is 0 Å². The number of nitrogens with one attached hydrogen (secondary N) is 1. The van der Waals surface area contributed by atoms with Gasteiger partial charge < -0.3 is 19.9 Å². The van der Waals surface area contributed by atoms with Crippen molar-refractivity contribution in [2.75, 3.05) is 53.9 Å². The summed E-state index contributed by atoms with van der Waals surface area (Å²) >= 11 is 0. The lowest BCUT2D eigenvalue weighted by molar-refractivity contribution is -0.150. The van der Waals surface area contributed by atoms with Crippen molar-refractivity contribution in [2.24, 2.45) is 11.8 Å². The quantitative estimate of drug-likeness (QED) is 0.672. The van der Waals surface area contributed by atoms with Crippen LogP contribution in [0.15, 0.2) is 0 Å². The Morgan fingerprint density at radius 3 is 2.62 bits per heavy atom. The molecule has 0 amide bonds. The molecule has 5 nitrogen and oxygen atoms in total. The van der Waals surface area contributed by atoms with Crippen LogP contribution in [0.1, 0.15) is 26.2 Å². The maximum atomic E-state index is 12.4. The molecule has 0 aromatic rings. The van der Waals surface area contributed by atoms with Gasteiger partial charge in [0.05, 0.1) is 7.11 Å². The third-order valence-electron chi connectivity index (χ3n) is 4.89. The number of likely N-dealkylation sites (tertiary alicyclic amines) is 1. The number of carbonyl (C=O) groups is 1. The van der Waals surface area contributed by atoms with E-state index >= 15 is 0 Å². The summed E-state index contributed by atoms with van der Waals surface area (Å²) in [6.07, 6.45) is 3.51. The molecule has 1 aliphatic heterocycles. The normalized spacial score (nSPS) is 26.0. The SMILES string of the molecule is CCNC(CN(C)CC1CCN(C)C1)(C(=O)OC)C1CC1. The van der Waals surface area contributed by atoms with Gasteiger partial charge in [0.15, 0.2) is 0 Å². The summed E-state index contributed by atoms with van der Waals surface area (Å²) < 4.78 is 5.12. The van der Waals surface area contributed by atoms with E-state index in [1.807, 2.05) is 0 Å². The minimum atomic E-state index is -0.511. The van der Waals surface area contributed by atoms with Crippen molar-refractivity contribution in [3.05, 3.63) is 0 Å². The standard InChI is InChI=1S/C16H31N3O2/c1-5-17-16(14-6-7-14,15(20)21-4)12-19(3)11-13-8-9-18(2)10-13/h13-14,17H,5-12H2,1-4H3. The van der Waals surface area contributed by atoms with Gasteiger partial charge in [0.1, 0.15) is 5.54 Å². The molecule has 0 spiro atoms. The van der Waals surface area contributed by atoms with Crippen LogP contribution < -0.4 is 5.32 Å². The molecule has 1 aliphatic carbocycles. The van der Waals surface area contributed by atoms with Crippen LogP contribution in [0, 0.1) is 11.8 Å². The van der Waals surface area contributed by atoms with Crippen molar-refractivity contribution >= 4 is 5.97 Å². The minimum absolute atomic E-state index is 0.0951. The molecule has 122 valence electrons. The predicted octanol–water partition coefficient (Wildman–Crippen LogP) is 0.801. The van der Waals surface area contributed by atoms with E-state index in [0.717, 1.165) is 38.4 Å². The Hall–Kier alpha value is -0.650. The number of likely N-dealkylation sites (N-methyl/N-ethyl adjacent to an activating group) is 2. The van der Waals surface area contributed by atoms with Crippen LogP contribution in [0.4, 0.5) is 0 Å². The molecule has 0 bridgehead atoms. The lowest BCUT2D eigenvalue weighted by atomic mass is 9.91.